The lowest BCUT2D eigenvalue weighted by Crippen LogP contribution is -2.42. The molecule has 0 spiro atoms. The van der Waals surface area contributed by atoms with Crippen LogP contribution in [0, 0.1) is 5.92 Å². The van der Waals surface area contributed by atoms with Crippen molar-refractivity contribution in [3.05, 3.63) is 65.7 Å². The maximum atomic E-state index is 13.1. The molecule has 0 fully saturated rings. The zero-order valence-corrected chi connectivity index (χ0v) is 14.0. The van der Waals surface area contributed by atoms with Crippen LogP contribution in [0.4, 0.5) is 5.69 Å². The number of hydrogen-bond donors (Lipinski definition) is 2. The van der Waals surface area contributed by atoms with Crippen molar-refractivity contribution >= 4 is 30.2 Å². The summed E-state index contributed by atoms with van der Waals surface area (Å²) < 4.78 is 0. The molecule has 0 unspecified atom stereocenters. The Bertz CT molecular complexity index is 747. The third kappa shape index (κ3) is 3.31. The summed E-state index contributed by atoms with van der Waals surface area (Å²) in [5, 5.41) is 8.98. The van der Waals surface area contributed by atoms with Gasteiger partial charge in [-0.25, -0.2) is 0 Å². The van der Waals surface area contributed by atoms with Crippen molar-refractivity contribution in [3.63, 3.8) is 0 Å². The molecule has 0 saturated carbocycles. The molecule has 0 aromatic heterocycles. The number of para-hydroxylation sites is 1. The molecule has 5 heteroatoms. The monoisotopic (exact) mass is 341 g/mol. The molecule has 124 valence electrons. The topological polar surface area (TPSA) is 57.6 Å². The van der Waals surface area contributed by atoms with Crippen LogP contribution >= 0.6 is 12.6 Å². The maximum absolute atomic E-state index is 13.1. The van der Waals surface area contributed by atoms with E-state index in [1.807, 2.05) is 24.3 Å². The molecular weight excluding hydrogens is 322 g/mol. The van der Waals surface area contributed by atoms with Gasteiger partial charge in [0.05, 0.1) is 5.92 Å². The molecule has 0 saturated heterocycles. The number of carbonyl (C=O) groups excluding carboxylic acids is 1. The van der Waals surface area contributed by atoms with Crippen molar-refractivity contribution in [1.82, 2.24) is 0 Å². The van der Waals surface area contributed by atoms with E-state index in [9.17, 15) is 14.7 Å². The predicted octanol–water partition coefficient (Wildman–Crippen LogP) is 3.34. The number of rotatable bonds is 4. The van der Waals surface area contributed by atoms with E-state index in [2.05, 4.69) is 18.7 Å². The van der Waals surface area contributed by atoms with E-state index in [0.29, 0.717) is 12.1 Å². The highest BCUT2D eigenvalue weighted by atomic mass is 32.1. The van der Waals surface area contributed by atoms with Crippen molar-refractivity contribution in [1.29, 1.82) is 0 Å². The fourth-order valence-corrected chi connectivity index (χ4v) is 3.76. The summed E-state index contributed by atoms with van der Waals surface area (Å²) in [7, 11) is 0. The van der Waals surface area contributed by atoms with Gasteiger partial charge in [-0.3, -0.25) is 9.59 Å². The molecule has 0 bridgehead atoms. The van der Waals surface area contributed by atoms with Gasteiger partial charge in [-0.1, -0.05) is 42.5 Å². The highest BCUT2D eigenvalue weighted by Crippen LogP contribution is 2.40. The quantitative estimate of drug-likeness (QED) is 0.839. The number of aryl methyl sites for hydroxylation is 1. The molecule has 24 heavy (non-hydrogen) atoms. The molecule has 0 aliphatic heterocycles. The van der Waals surface area contributed by atoms with E-state index in [1.165, 1.54) is 10.5 Å². The Balaban J connectivity index is 1.89. The van der Waals surface area contributed by atoms with E-state index in [4.69, 9.17) is 0 Å². The van der Waals surface area contributed by atoms with Crippen LogP contribution in [0.1, 0.15) is 22.8 Å². The summed E-state index contributed by atoms with van der Waals surface area (Å²) in [6.07, 6.45) is 1.48. The van der Waals surface area contributed by atoms with E-state index >= 15 is 0 Å². The van der Waals surface area contributed by atoms with Crippen LogP contribution in [0.15, 0.2) is 54.6 Å². The fourth-order valence-electron chi connectivity index (χ4n) is 3.23. The highest BCUT2D eigenvalue weighted by Gasteiger charge is 2.35. The van der Waals surface area contributed by atoms with Gasteiger partial charge in [-0.2, -0.15) is 12.6 Å². The van der Waals surface area contributed by atoms with E-state index < -0.39 is 5.97 Å². The van der Waals surface area contributed by atoms with Gasteiger partial charge in [-0.05, 0) is 36.1 Å². The van der Waals surface area contributed by atoms with Crippen LogP contribution in [-0.4, -0.2) is 23.5 Å². The number of thiol groups is 1. The summed E-state index contributed by atoms with van der Waals surface area (Å²) >= 11 is 4.68. The highest BCUT2D eigenvalue weighted by molar-refractivity contribution is 7.80. The Labute approximate surface area is 146 Å². The Kier molecular flexibility index (Phi) is 4.90. The zero-order valence-electron chi connectivity index (χ0n) is 13.1. The summed E-state index contributed by atoms with van der Waals surface area (Å²) in [4.78, 5) is 25.7. The fraction of sp³-hybridized carbons (Fsp3) is 0.263. The normalized spacial score (nSPS) is 19.4. The molecule has 2 aromatic carbocycles. The number of aliphatic carboxylic acids is 1. The molecule has 0 heterocycles. The number of benzene rings is 2. The summed E-state index contributed by atoms with van der Waals surface area (Å²) in [6, 6.07) is 16.9. The number of fused-ring (bicyclic) bond motifs is 1. The van der Waals surface area contributed by atoms with Crippen LogP contribution < -0.4 is 4.90 Å². The minimum Gasteiger partial charge on any atom is -0.480 e. The average molecular weight is 341 g/mol. The minimum atomic E-state index is -1.03. The van der Waals surface area contributed by atoms with E-state index in [0.717, 1.165) is 12.0 Å². The summed E-state index contributed by atoms with van der Waals surface area (Å²) in [5.41, 5.74) is 2.88. The third-order valence-electron chi connectivity index (χ3n) is 4.42. The lowest BCUT2D eigenvalue weighted by Gasteiger charge is -2.33. The number of carbonyl (C=O) groups is 2. The SMILES string of the molecule is O=C(O)CN(C(=O)[C@@H]1CCc2ccccc2[C@@H]1S)c1ccccc1. The molecular formula is C19H19NO3S. The second-order valence-corrected chi connectivity index (χ2v) is 6.50. The molecule has 1 aliphatic carbocycles. The molecule has 3 rings (SSSR count). The Morgan fingerprint density at radius 3 is 2.46 bits per heavy atom. The van der Waals surface area contributed by atoms with Crippen LogP contribution in [0.25, 0.3) is 0 Å². The smallest absolute Gasteiger partial charge is 0.323 e. The lowest BCUT2D eigenvalue weighted by molar-refractivity contribution is -0.137. The zero-order chi connectivity index (χ0) is 17.1. The van der Waals surface area contributed by atoms with Gasteiger partial charge in [0.1, 0.15) is 6.54 Å². The number of hydrogen-bond acceptors (Lipinski definition) is 3. The standard InChI is InChI=1S/C19H19NO3S/c21-17(22)12-20(14-7-2-1-3-8-14)19(23)16-11-10-13-6-4-5-9-15(13)18(16)24/h1-9,16,18,24H,10-12H2,(H,21,22)/t16-,18+/m1/s1. The molecule has 1 N–H and O–H groups in total. The van der Waals surface area contributed by atoms with Gasteiger partial charge in [0.15, 0.2) is 0 Å². The average Bonchev–Trinajstić information content (AvgIpc) is 2.60. The number of amides is 1. The second kappa shape index (κ2) is 7.09. The number of carboxylic acids is 1. The van der Waals surface area contributed by atoms with Crippen molar-refractivity contribution in [3.8, 4) is 0 Å². The number of carboxylic acid groups (broad SMARTS) is 1. The van der Waals surface area contributed by atoms with Gasteiger partial charge in [0.2, 0.25) is 5.91 Å². The number of nitrogens with zero attached hydrogens (tertiary/aromatic N) is 1. The first-order valence-corrected chi connectivity index (χ1v) is 8.43. The van der Waals surface area contributed by atoms with Gasteiger partial charge in [-0.15, -0.1) is 0 Å². The Hall–Kier alpha value is -2.27. The first kappa shape index (κ1) is 16.6. The van der Waals surface area contributed by atoms with Gasteiger partial charge in [0.25, 0.3) is 0 Å². The Morgan fingerprint density at radius 1 is 1.08 bits per heavy atom. The number of anilines is 1. The maximum Gasteiger partial charge on any atom is 0.323 e. The van der Waals surface area contributed by atoms with Crippen LogP contribution in [0.3, 0.4) is 0 Å². The van der Waals surface area contributed by atoms with Crippen molar-refractivity contribution < 1.29 is 14.7 Å². The molecule has 4 nitrogen and oxygen atoms in total. The predicted molar refractivity (Wildman–Crippen MR) is 96.4 cm³/mol. The first-order chi connectivity index (χ1) is 11.6. The van der Waals surface area contributed by atoms with Crippen molar-refractivity contribution in [2.45, 2.75) is 18.1 Å². The van der Waals surface area contributed by atoms with Gasteiger partial charge in [0, 0.05) is 10.9 Å². The van der Waals surface area contributed by atoms with Crippen LogP contribution in [0.2, 0.25) is 0 Å². The minimum absolute atomic E-state index is 0.182. The molecule has 2 aromatic rings. The first-order valence-electron chi connectivity index (χ1n) is 7.92. The Morgan fingerprint density at radius 2 is 1.75 bits per heavy atom. The van der Waals surface area contributed by atoms with Crippen LogP contribution in [-0.2, 0) is 16.0 Å². The summed E-state index contributed by atoms with van der Waals surface area (Å²) in [6.45, 7) is -0.346. The van der Waals surface area contributed by atoms with Crippen molar-refractivity contribution in [2.24, 2.45) is 5.92 Å². The van der Waals surface area contributed by atoms with Gasteiger partial charge >= 0.3 is 5.97 Å². The second-order valence-electron chi connectivity index (χ2n) is 5.94. The molecule has 1 aliphatic rings. The third-order valence-corrected chi connectivity index (χ3v) is 5.06. The molecule has 2 atom stereocenters. The van der Waals surface area contributed by atoms with E-state index in [1.54, 1.807) is 24.3 Å². The summed E-state index contributed by atoms with van der Waals surface area (Å²) in [5.74, 6) is -1.54. The van der Waals surface area contributed by atoms with Crippen LogP contribution in [0.5, 0.6) is 0 Å². The molecule has 0 radical (unpaired) electrons. The molecule has 1 amide bonds. The van der Waals surface area contributed by atoms with Gasteiger partial charge < -0.3 is 10.0 Å². The van der Waals surface area contributed by atoms with Crippen molar-refractivity contribution in [2.75, 3.05) is 11.4 Å². The lowest BCUT2D eigenvalue weighted by atomic mass is 9.82. The van der Waals surface area contributed by atoms with E-state index in [-0.39, 0.29) is 23.6 Å². The largest absolute Gasteiger partial charge is 0.480 e.